The highest BCUT2D eigenvalue weighted by molar-refractivity contribution is 7.98. The number of carbonyl (C=O) groups is 1. The van der Waals surface area contributed by atoms with Gasteiger partial charge in [-0.25, -0.2) is 0 Å². The SMILES string of the molecule is COc1cccc(C2NCC(=O)N2C(C)CCSC)c1. The van der Waals surface area contributed by atoms with Gasteiger partial charge in [-0.1, -0.05) is 12.1 Å². The first-order valence-corrected chi connectivity index (χ1v) is 8.24. The molecule has 2 atom stereocenters. The first-order chi connectivity index (χ1) is 9.67. The van der Waals surface area contributed by atoms with Gasteiger partial charge in [-0.3, -0.25) is 10.1 Å². The average Bonchev–Trinajstić information content (AvgIpc) is 2.86. The van der Waals surface area contributed by atoms with Crippen LogP contribution in [0.1, 0.15) is 25.1 Å². The van der Waals surface area contributed by atoms with E-state index < -0.39 is 0 Å². The summed E-state index contributed by atoms with van der Waals surface area (Å²) in [4.78, 5) is 14.1. The molecule has 1 N–H and O–H groups in total. The molecule has 1 aromatic rings. The highest BCUT2D eigenvalue weighted by atomic mass is 32.2. The van der Waals surface area contributed by atoms with Gasteiger partial charge in [-0.15, -0.1) is 0 Å². The zero-order valence-electron chi connectivity index (χ0n) is 12.3. The second kappa shape index (κ2) is 6.99. The maximum Gasteiger partial charge on any atom is 0.238 e. The third-order valence-electron chi connectivity index (χ3n) is 3.64. The Kier molecular flexibility index (Phi) is 5.31. The second-order valence-corrected chi connectivity index (χ2v) is 5.98. The monoisotopic (exact) mass is 294 g/mol. The summed E-state index contributed by atoms with van der Waals surface area (Å²) in [5, 5.41) is 3.30. The van der Waals surface area contributed by atoms with Crippen LogP contribution in [0.3, 0.4) is 0 Å². The van der Waals surface area contributed by atoms with E-state index in [2.05, 4.69) is 18.5 Å². The number of carbonyl (C=O) groups excluding carboxylic acids is 1. The summed E-state index contributed by atoms with van der Waals surface area (Å²) in [6, 6.07) is 8.14. The van der Waals surface area contributed by atoms with Gasteiger partial charge in [-0.05, 0) is 43.0 Å². The van der Waals surface area contributed by atoms with E-state index in [0.717, 1.165) is 23.5 Å². The van der Waals surface area contributed by atoms with Crippen LogP contribution in [0.15, 0.2) is 24.3 Å². The number of amides is 1. The molecule has 0 bridgehead atoms. The number of thioether (sulfide) groups is 1. The minimum atomic E-state index is -0.0468. The first kappa shape index (κ1) is 15.2. The molecule has 5 heteroatoms. The van der Waals surface area contributed by atoms with Crippen molar-refractivity contribution in [3.8, 4) is 5.75 Å². The van der Waals surface area contributed by atoms with E-state index >= 15 is 0 Å². The van der Waals surface area contributed by atoms with Gasteiger partial charge in [0.2, 0.25) is 5.91 Å². The second-order valence-electron chi connectivity index (χ2n) is 4.99. The molecule has 0 spiro atoms. The fourth-order valence-electron chi connectivity index (χ4n) is 2.54. The Balaban J connectivity index is 2.18. The summed E-state index contributed by atoms with van der Waals surface area (Å²) in [5.74, 6) is 2.06. The van der Waals surface area contributed by atoms with E-state index in [-0.39, 0.29) is 18.1 Å². The largest absolute Gasteiger partial charge is 0.497 e. The summed E-state index contributed by atoms with van der Waals surface area (Å²) in [6.45, 7) is 2.53. The molecule has 1 aliphatic rings. The van der Waals surface area contributed by atoms with Gasteiger partial charge in [0.1, 0.15) is 11.9 Å². The van der Waals surface area contributed by atoms with Crippen molar-refractivity contribution >= 4 is 17.7 Å². The van der Waals surface area contributed by atoms with Gasteiger partial charge in [0, 0.05) is 6.04 Å². The van der Waals surface area contributed by atoms with Crippen molar-refractivity contribution in [1.29, 1.82) is 0 Å². The summed E-state index contributed by atoms with van der Waals surface area (Å²) >= 11 is 1.81. The number of hydrogen-bond donors (Lipinski definition) is 1. The van der Waals surface area contributed by atoms with Crippen molar-refractivity contribution in [2.24, 2.45) is 0 Å². The zero-order valence-corrected chi connectivity index (χ0v) is 13.1. The van der Waals surface area contributed by atoms with Gasteiger partial charge in [0.25, 0.3) is 0 Å². The van der Waals surface area contributed by atoms with Crippen LogP contribution in [0.4, 0.5) is 0 Å². The standard InChI is InChI=1S/C15H22N2O2S/c1-11(7-8-20-3)17-14(18)10-16-15(17)12-5-4-6-13(9-12)19-2/h4-6,9,11,15-16H,7-8,10H2,1-3H3. The van der Waals surface area contributed by atoms with Crippen LogP contribution < -0.4 is 10.1 Å². The highest BCUT2D eigenvalue weighted by Crippen LogP contribution is 2.28. The van der Waals surface area contributed by atoms with Crippen molar-refractivity contribution < 1.29 is 9.53 Å². The molecule has 4 nitrogen and oxygen atoms in total. The van der Waals surface area contributed by atoms with Crippen molar-refractivity contribution in [2.75, 3.05) is 25.7 Å². The Labute approximate surface area is 124 Å². The molecule has 110 valence electrons. The van der Waals surface area contributed by atoms with E-state index in [1.165, 1.54) is 0 Å². The summed E-state index contributed by atoms with van der Waals surface area (Å²) < 4.78 is 5.27. The zero-order chi connectivity index (χ0) is 14.5. The Morgan fingerprint density at radius 3 is 3.05 bits per heavy atom. The minimum absolute atomic E-state index is 0.0468. The summed E-state index contributed by atoms with van der Waals surface area (Å²) in [6.07, 6.45) is 3.06. The predicted octanol–water partition coefficient (Wildman–Crippen LogP) is 2.27. The minimum Gasteiger partial charge on any atom is -0.497 e. The molecule has 1 aliphatic heterocycles. The molecule has 1 amide bonds. The van der Waals surface area contributed by atoms with Gasteiger partial charge in [0.05, 0.1) is 13.7 Å². The van der Waals surface area contributed by atoms with Crippen LogP contribution in [0.2, 0.25) is 0 Å². The molecule has 0 saturated carbocycles. The number of ether oxygens (including phenoxy) is 1. The van der Waals surface area contributed by atoms with Gasteiger partial charge in [0.15, 0.2) is 0 Å². The molecular weight excluding hydrogens is 272 g/mol. The van der Waals surface area contributed by atoms with E-state index in [1.54, 1.807) is 7.11 Å². The van der Waals surface area contributed by atoms with Gasteiger partial charge < -0.3 is 9.64 Å². The van der Waals surface area contributed by atoms with Crippen LogP contribution in [0, 0.1) is 0 Å². The van der Waals surface area contributed by atoms with E-state index in [0.29, 0.717) is 6.54 Å². The van der Waals surface area contributed by atoms with Crippen molar-refractivity contribution in [3.63, 3.8) is 0 Å². The molecule has 0 radical (unpaired) electrons. The highest BCUT2D eigenvalue weighted by Gasteiger charge is 2.34. The predicted molar refractivity (Wildman–Crippen MR) is 83.0 cm³/mol. The lowest BCUT2D eigenvalue weighted by Crippen LogP contribution is -2.38. The van der Waals surface area contributed by atoms with E-state index in [9.17, 15) is 4.79 Å². The molecule has 0 aliphatic carbocycles. The third kappa shape index (κ3) is 3.27. The van der Waals surface area contributed by atoms with E-state index in [1.807, 2.05) is 40.9 Å². The van der Waals surface area contributed by atoms with Crippen LogP contribution in [0.25, 0.3) is 0 Å². The van der Waals surface area contributed by atoms with Gasteiger partial charge >= 0.3 is 0 Å². The molecule has 1 saturated heterocycles. The van der Waals surface area contributed by atoms with Crippen molar-refractivity contribution in [3.05, 3.63) is 29.8 Å². The Morgan fingerprint density at radius 2 is 2.35 bits per heavy atom. The molecule has 2 rings (SSSR count). The maximum atomic E-state index is 12.1. The number of benzene rings is 1. The molecule has 1 aromatic carbocycles. The third-order valence-corrected chi connectivity index (χ3v) is 4.28. The number of hydrogen-bond acceptors (Lipinski definition) is 4. The molecule has 2 unspecified atom stereocenters. The molecular formula is C15H22N2O2S. The topological polar surface area (TPSA) is 41.6 Å². The first-order valence-electron chi connectivity index (χ1n) is 6.84. The number of nitrogens with zero attached hydrogens (tertiary/aromatic N) is 1. The molecule has 1 heterocycles. The van der Waals surface area contributed by atoms with Gasteiger partial charge in [-0.2, -0.15) is 11.8 Å². The fraction of sp³-hybridized carbons (Fsp3) is 0.533. The Morgan fingerprint density at radius 1 is 1.55 bits per heavy atom. The number of rotatable bonds is 6. The lowest BCUT2D eigenvalue weighted by atomic mass is 10.1. The van der Waals surface area contributed by atoms with Crippen molar-refractivity contribution in [2.45, 2.75) is 25.6 Å². The van der Waals surface area contributed by atoms with Crippen LogP contribution in [-0.2, 0) is 4.79 Å². The Hall–Kier alpha value is -1.20. The Bertz CT molecular complexity index is 467. The van der Waals surface area contributed by atoms with Crippen LogP contribution in [0.5, 0.6) is 5.75 Å². The summed E-state index contributed by atoms with van der Waals surface area (Å²) in [7, 11) is 1.66. The maximum absolute atomic E-state index is 12.1. The molecule has 1 fully saturated rings. The van der Waals surface area contributed by atoms with Crippen molar-refractivity contribution in [1.82, 2.24) is 10.2 Å². The normalized spacial score (nSPS) is 20.2. The summed E-state index contributed by atoms with van der Waals surface area (Å²) in [5.41, 5.74) is 1.08. The smallest absolute Gasteiger partial charge is 0.238 e. The van der Waals surface area contributed by atoms with Crippen LogP contribution >= 0.6 is 11.8 Å². The van der Waals surface area contributed by atoms with Crippen LogP contribution in [-0.4, -0.2) is 42.5 Å². The quantitative estimate of drug-likeness (QED) is 0.874. The fourth-order valence-corrected chi connectivity index (χ4v) is 3.11. The van der Waals surface area contributed by atoms with E-state index in [4.69, 9.17) is 4.74 Å². The number of nitrogens with one attached hydrogen (secondary N) is 1. The average molecular weight is 294 g/mol. The molecule has 20 heavy (non-hydrogen) atoms. The number of methoxy groups -OCH3 is 1. The lowest BCUT2D eigenvalue weighted by Gasteiger charge is -2.30. The lowest BCUT2D eigenvalue weighted by molar-refractivity contribution is -0.130. The molecule has 0 aromatic heterocycles.